The molecule has 1 N–H and O–H groups in total. The maximum atomic E-state index is 13.6. The van der Waals surface area contributed by atoms with Gasteiger partial charge in [-0.1, -0.05) is 84.4 Å². The topological polar surface area (TPSA) is 58.6 Å². The maximum Gasteiger partial charge on any atom is 0.261 e. The van der Waals surface area contributed by atoms with Crippen LogP contribution in [0.2, 0.25) is 0 Å². The van der Waals surface area contributed by atoms with Crippen molar-refractivity contribution in [2.45, 2.75) is 58.7 Å². The largest absolute Gasteiger partial charge is 0.484 e. The van der Waals surface area contributed by atoms with Crippen LogP contribution < -0.4 is 10.1 Å². The van der Waals surface area contributed by atoms with E-state index in [0.717, 1.165) is 28.4 Å². The molecule has 0 unspecified atom stereocenters. The zero-order valence-corrected chi connectivity index (χ0v) is 22.8. The van der Waals surface area contributed by atoms with Gasteiger partial charge in [-0.3, -0.25) is 9.59 Å². The van der Waals surface area contributed by atoms with E-state index < -0.39 is 6.04 Å². The smallest absolute Gasteiger partial charge is 0.261 e. The van der Waals surface area contributed by atoms with Gasteiger partial charge >= 0.3 is 0 Å². The number of hydrogen-bond acceptors (Lipinski definition) is 3. The number of benzene rings is 3. The van der Waals surface area contributed by atoms with Crippen molar-refractivity contribution in [1.82, 2.24) is 10.2 Å². The lowest BCUT2D eigenvalue weighted by Crippen LogP contribution is -2.53. The van der Waals surface area contributed by atoms with Crippen LogP contribution in [0.15, 0.2) is 83.3 Å². The normalized spacial score (nSPS) is 12.4. The second-order valence-corrected chi connectivity index (χ2v) is 9.88. The summed E-state index contributed by atoms with van der Waals surface area (Å²) >= 11 is 3.52. The molecule has 190 valence electrons. The zero-order chi connectivity index (χ0) is 25.9. The number of nitrogens with zero attached hydrogens (tertiary/aromatic N) is 1. The molecule has 3 aromatic carbocycles. The average Bonchev–Trinajstić information content (AvgIpc) is 2.90. The summed E-state index contributed by atoms with van der Waals surface area (Å²) in [5, 5.41) is 3.09. The standard InChI is InChI=1S/C30H35BrN2O3/c1-4-22(3)32-30(35)28(19-24-10-7-6-8-11-24)33(20-25-12-9-13-26(31)18-25)29(34)21-36-27-16-14-23(5-2)15-17-27/h6-18,22,28H,4-5,19-21H2,1-3H3,(H,32,35)/t22-,28-/m0/s1. The SMILES string of the molecule is CCc1ccc(OCC(=O)N(Cc2cccc(Br)c2)[C@@H](Cc2ccccc2)C(=O)N[C@@H](C)CC)cc1. The highest BCUT2D eigenvalue weighted by Gasteiger charge is 2.31. The number of halogens is 1. The molecule has 0 bridgehead atoms. The van der Waals surface area contributed by atoms with Crippen LogP contribution in [0.5, 0.6) is 5.75 Å². The van der Waals surface area contributed by atoms with Gasteiger partial charge in [0.05, 0.1) is 0 Å². The summed E-state index contributed by atoms with van der Waals surface area (Å²) in [6.45, 7) is 6.24. The molecule has 3 aromatic rings. The van der Waals surface area contributed by atoms with Crippen molar-refractivity contribution in [3.05, 3.63) is 100 Å². The number of carbonyl (C=O) groups is 2. The summed E-state index contributed by atoms with van der Waals surface area (Å²) in [7, 11) is 0. The molecule has 2 atom stereocenters. The van der Waals surface area contributed by atoms with Gasteiger partial charge in [-0.25, -0.2) is 0 Å². The Morgan fingerprint density at radius 2 is 1.61 bits per heavy atom. The first-order chi connectivity index (χ1) is 17.4. The second kappa shape index (κ2) is 13.8. The highest BCUT2D eigenvalue weighted by molar-refractivity contribution is 9.10. The van der Waals surface area contributed by atoms with Crippen LogP contribution in [0.25, 0.3) is 0 Å². The Morgan fingerprint density at radius 1 is 0.917 bits per heavy atom. The maximum absolute atomic E-state index is 13.6. The minimum Gasteiger partial charge on any atom is -0.484 e. The number of nitrogens with one attached hydrogen (secondary N) is 1. The molecular weight excluding hydrogens is 516 g/mol. The molecule has 0 radical (unpaired) electrons. The van der Waals surface area contributed by atoms with Crippen molar-refractivity contribution in [2.24, 2.45) is 0 Å². The lowest BCUT2D eigenvalue weighted by Gasteiger charge is -2.32. The lowest BCUT2D eigenvalue weighted by atomic mass is 10.0. The van der Waals surface area contributed by atoms with Gasteiger partial charge in [0.15, 0.2) is 6.61 Å². The second-order valence-electron chi connectivity index (χ2n) is 8.96. The summed E-state index contributed by atoms with van der Waals surface area (Å²) in [6, 6.07) is 24.7. The molecule has 0 saturated carbocycles. The lowest BCUT2D eigenvalue weighted by molar-refractivity contribution is -0.143. The molecule has 0 saturated heterocycles. The Labute approximate surface area is 223 Å². The van der Waals surface area contributed by atoms with E-state index in [1.807, 2.05) is 92.7 Å². The molecule has 0 heterocycles. The van der Waals surface area contributed by atoms with Crippen LogP contribution in [0, 0.1) is 0 Å². The van der Waals surface area contributed by atoms with Gasteiger partial charge < -0.3 is 15.0 Å². The van der Waals surface area contributed by atoms with E-state index in [-0.39, 0.29) is 24.5 Å². The van der Waals surface area contributed by atoms with Crippen molar-refractivity contribution >= 4 is 27.7 Å². The zero-order valence-electron chi connectivity index (χ0n) is 21.2. The van der Waals surface area contributed by atoms with Gasteiger partial charge in [-0.2, -0.15) is 0 Å². The number of rotatable bonds is 12. The van der Waals surface area contributed by atoms with E-state index in [1.165, 1.54) is 5.56 Å². The van der Waals surface area contributed by atoms with Gasteiger partial charge in [-0.05, 0) is 60.7 Å². The number of hydrogen-bond donors (Lipinski definition) is 1. The van der Waals surface area contributed by atoms with Gasteiger partial charge in [0, 0.05) is 23.5 Å². The number of aryl methyl sites for hydroxylation is 1. The van der Waals surface area contributed by atoms with Gasteiger partial charge in [0.25, 0.3) is 5.91 Å². The van der Waals surface area contributed by atoms with Crippen molar-refractivity contribution in [2.75, 3.05) is 6.61 Å². The van der Waals surface area contributed by atoms with Crippen molar-refractivity contribution in [3.63, 3.8) is 0 Å². The van der Waals surface area contributed by atoms with Gasteiger partial charge in [0.2, 0.25) is 5.91 Å². The van der Waals surface area contributed by atoms with E-state index in [2.05, 4.69) is 28.2 Å². The van der Waals surface area contributed by atoms with Crippen molar-refractivity contribution in [3.8, 4) is 5.75 Å². The van der Waals surface area contributed by atoms with E-state index in [1.54, 1.807) is 4.90 Å². The predicted molar refractivity (Wildman–Crippen MR) is 148 cm³/mol. The Hall–Kier alpha value is -3.12. The highest BCUT2D eigenvalue weighted by Crippen LogP contribution is 2.19. The predicted octanol–water partition coefficient (Wildman–Crippen LogP) is 5.95. The molecule has 0 aliphatic carbocycles. The Kier molecular flexibility index (Phi) is 10.6. The molecular formula is C30H35BrN2O3. The Balaban J connectivity index is 1.89. The van der Waals surface area contributed by atoms with Gasteiger partial charge in [-0.15, -0.1) is 0 Å². The fraction of sp³-hybridized carbons (Fsp3) is 0.333. The third-order valence-corrected chi connectivity index (χ3v) is 6.70. The van der Waals surface area contributed by atoms with E-state index in [4.69, 9.17) is 4.74 Å². The molecule has 36 heavy (non-hydrogen) atoms. The molecule has 2 amide bonds. The molecule has 0 aliphatic rings. The van der Waals surface area contributed by atoms with E-state index in [9.17, 15) is 9.59 Å². The first kappa shape index (κ1) is 27.5. The molecule has 6 heteroatoms. The monoisotopic (exact) mass is 550 g/mol. The van der Waals surface area contributed by atoms with Crippen LogP contribution in [0.4, 0.5) is 0 Å². The van der Waals surface area contributed by atoms with Crippen LogP contribution >= 0.6 is 15.9 Å². The summed E-state index contributed by atoms with van der Waals surface area (Å²) in [6.07, 6.45) is 2.15. The van der Waals surface area contributed by atoms with Crippen LogP contribution in [-0.2, 0) is 29.0 Å². The molecule has 3 rings (SSSR count). The Bertz CT molecular complexity index is 1120. The minimum atomic E-state index is -0.682. The van der Waals surface area contributed by atoms with Crippen LogP contribution in [-0.4, -0.2) is 35.4 Å². The average molecular weight is 552 g/mol. The fourth-order valence-corrected chi connectivity index (χ4v) is 4.32. The summed E-state index contributed by atoms with van der Waals surface area (Å²) in [4.78, 5) is 28.8. The third kappa shape index (κ3) is 8.23. The van der Waals surface area contributed by atoms with E-state index in [0.29, 0.717) is 18.7 Å². The highest BCUT2D eigenvalue weighted by atomic mass is 79.9. The Morgan fingerprint density at radius 3 is 2.25 bits per heavy atom. The molecule has 5 nitrogen and oxygen atoms in total. The number of carbonyl (C=O) groups excluding carboxylic acids is 2. The van der Waals surface area contributed by atoms with Crippen LogP contribution in [0.1, 0.15) is 43.9 Å². The molecule has 0 spiro atoms. The van der Waals surface area contributed by atoms with Gasteiger partial charge in [0.1, 0.15) is 11.8 Å². The van der Waals surface area contributed by atoms with E-state index >= 15 is 0 Å². The van der Waals surface area contributed by atoms with Crippen LogP contribution in [0.3, 0.4) is 0 Å². The van der Waals surface area contributed by atoms with Crippen molar-refractivity contribution < 1.29 is 14.3 Å². The quantitative estimate of drug-likeness (QED) is 0.303. The first-order valence-corrected chi connectivity index (χ1v) is 13.3. The van der Waals surface area contributed by atoms with Crippen molar-refractivity contribution in [1.29, 1.82) is 0 Å². The molecule has 0 aliphatic heterocycles. The number of amides is 2. The third-order valence-electron chi connectivity index (χ3n) is 6.21. The summed E-state index contributed by atoms with van der Waals surface area (Å²) in [5.74, 6) is 0.227. The number of ether oxygens (including phenoxy) is 1. The summed E-state index contributed by atoms with van der Waals surface area (Å²) in [5.41, 5.74) is 3.12. The molecule has 0 fully saturated rings. The fourth-order valence-electron chi connectivity index (χ4n) is 3.88. The molecule has 0 aromatic heterocycles. The minimum absolute atomic E-state index is 0.00641. The first-order valence-electron chi connectivity index (χ1n) is 12.5. The summed E-state index contributed by atoms with van der Waals surface area (Å²) < 4.78 is 6.78.